The molecule has 1 aromatic rings. The Hall–Kier alpha value is -0.340. The van der Waals surface area contributed by atoms with Crippen LogP contribution in [-0.2, 0) is 0 Å². The number of hydrogen-bond acceptors (Lipinski definition) is 1. The van der Waals surface area contributed by atoms with Gasteiger partial charge in [0.15, 0.2) is 0 Å². The minimum Gasteiger partial charge on any atom is -0.314 e. The molecular weight excluding hydrogens is 286 g/mol. The molecule has 0 spiro atoms. The van der Waals surface area contributed by atoms with Gasteiger partial charge in [0.05, 0.1) is 0 Å². The van der Waals surface area contributed by atoms with Crippen molar-refractivity contribution in [3.63, 3.8) is 0 Å². The molecule has 1 aromatic carbocycles. The first-order valence-electron chi connectivity index (χ1n) is 7.14. The van der Waals surface area contributed by atoms with Crippen LogP contribution in [-0.4, -0.2) is 12.6 Å². The highest BCUT2D eigenvalue weighted by Gasteiger charge is 2.29. The van der Waals surface area contributed by atoms with Gasteiger partial charge in [0.2, 0.25) is 0 Å². The standard InChI is InChI=1S/C16H24BrN/c1-12(2)4-3-9-18-16-10-14(11-16)13-5-7-15(17)8-6-13/h5-8,12,14,16,18H,3-4,9-11H2,1-2H3. The second kappa shape index (κ2) is 6.72. The molecule has 0 atom stereocenters. The van der Waals surface area contributed by atoms with Gasteiger partial charge in [-0.25, -0.2) is 0 Å². The highest BCUT2D eigenvalue weighted by atomic mass is 79.9. The average Bonchev–Trinajstić information content (AvgIpc) is 2.28. The van der Waals surface area contributed by atoms with E-state index < -0.39 is 0 Å². The van der Waals surface area contributed by atoms with Crippen molar-refractivity contribution in [2.75, 3.05) is 6.54 Å². The molecule has 0 heterocycles. The summed E-state index contributed by atoms with van der Waals surface area (Å²) in [7, 11) is 0. The smallest absolute Gasteiger partial charge is 0.0175 e. The molecule has 2 rings (SSSR count). The Morgan fingerprint density at radius 3 is 2.50 bits per heavy atom. The molecule has 1 fully saturated rings. The monoisotopic (exact) mass is 309 g/mol. The molecule has 18 heavy (non-hydrogen) atoms. The lowest BCUT2D eigenvalue weighted by Crippen LogP contribution is -2.40. The Balaban J connectivity index is 1.63. The first-order valence-corrected chi connectivity index (χ1v) is 7.93. The molecule has 0 amide bonds. The first kappa shape index (κ1) is 14.1. The number of benzene rings is 1. The molecular formula is C16H24BrN. The summed E-state index contributed by atoms with van der Waals surface area (Å²) in [5.41, 5.74) is 1.50. The Bertz CT molecular complexity index is 352. The Morgan fingerprint density at radius 2 is 1.89 bits per heavy atom. The lowest BCUT2D eigenvalue weighted by Gasteiger charge is -2.36. The molecule has 0 radical (unpaired) electrons. The molecule has 1 saturated carbocycles. The fourth-order valence-electron chi connectivity index (χ4n) is 2.61. The SMILES string of the molecule is CC(C)CCCNC1CC(c2ccc(Br)cc2)C1. The van der Waals surface area contributed by atoms with Crippen LogP contribution in [0.25, 0.3) is 0 Å². The molecule has 1 aliphatic carbocycles. The van der Waals surface area contributed by atoms with E-state index in [1.54, 1.807) is 0 Å². The van der Waals surface area contributed by atoms with Crippen molar-refractivity contribution < 1.29 is 0 Å². The van der Waals surface area contributed by atoms with Gasteiger partial charge in [0, 0.05) is 10.5 Å². The Labute approximate surface area is 119 Å². The fourth-order valence-corrected chi connectivity index (χ4v) is 2.87. The summed E-state index contributed by atoms with van der Waals surface area (Å²) in [4.78, 5) is 0. The summed E-state index contributed by atoms with van der Waals surface area (Å²) in [6, 6.07) is 9.57. The van der Waals surface area contributed by atoms with Gasteiger partial charge in [-0.15, -0.1) is 0 Å². The van der Waals surface area contributed by atoms with E-state index >= 15 is 0 Å². The van der Waals surface area contributed by atoms with E-state index in [4.69, 9.17) is 0 Å². The van der Waals surface area contributed by atoms with Gasteiger partial charge in [0.25, 0.3) is 0 Å². The second-order valence-electron chi connectivity index (χ2n) is 5.91. The third-order valence-corrected chi connectivity index (χ3v) is 4.40. The molecule has 0 aliphatic heterocycles. The maximum atomic E-state index is 3.68. The van der Waals surface area contributed by atoms with Crippen molar-refractivity contribution in [3.05, 3.63) is 34.3 Å². The van der Waals surface area contributed by atoms with Crippen LogP contribution in [0.3, 0.4) is 0 Å². The van der Waals surface area contributed by atoms with Crippen LogP contribution in [0.15, 0.2) is 28.7 Å². The molecule has 1 aliphatic rings. The van der Waals surface area contributed by atoms with Crippen LogP contribution in [0.5, 0.6) is 0 Å². The van der Waals surface area contributed by atoms with Gasteiger partial charge >= 0.3 is 0 Å². The molecule has 1 N–H and O–H groups in total. The highest BCUT2D eigenvalue weighted by molar-refractivity contribution is 9.10. The maximum Gasteiger partial charge on any atom is 0.0175 e. The van der Waals surface area contributed by atoms with E-state index in [1.165, 1.54) is 42.3 Å². The van der Waals surface area contributed by atoms with Gasteiger partial charge in [-0.1, -0.05) is 41.9 Å². The predicted octanol–water partition coefficient (Wildman–Crippen LogP) is 4.72. The summed E-state index contributed by atoms with van der Waals surface area (Å²) in [6.45, 7) is 5.79. The van der Waals surface area contributed by atoms with E-state index in [0.717, 1.165) is 17.9 Å². The zero-order valence-corrected chi connectivity index (χ0v) is 13.0. The number of rotatable bonds is 6. The normalized spacial score (nSPS) is 23.1. The van der Waals surface area contributed by atoms with E-state index in [2.05, 4.69) is 59.4 Å². The Kier molecular flexibility index (Phi) is 5.25. The van der Waals surface area contributed by atoms with Gasteiger partial charge in [-0.3, -0.25) is 0 Å². The van der Waals surface area contributed by atoms with Gasteiger partial charge < -0.3 is 5.32 Å². The van der Waals surface area contributed by atoms with Gasteiger partial charge in [-0.05, 0) is 61.8 Å². The van der Waals surface area contributed by atoms with Crippen molar-refractivity contribution >= 4 is 15.9 Å². The molecule has 0 saturated heterocycles. The number of nitrogens with one attached hydrogen (secondary N) is 1. The summed E-state index contributed by atoms with van der Waals surface area (Å²) in [5, 5.41) is 3.68. The third kappa shape index (κ3) is 4.10. The van der Waals surface area contributed by atoms with Gasteiger partial charge in [-0.2, -0.15) is 0 Å². The average molecular weight is 310 g/mol. The van der Waals surface area contributed by atoms with E-state index in [9.17, 15) is 0 Å². The zero-order valence-electron chi connectivity index (χ0n) is 11.5. The van der Waals surface area contributed by atoms with Crippen LogP contribution in [0.1, 0.15) is 51.0 Å². The molecule has 0 unspecified atom stereocenters. The zero-order chi connectivity index (χ0) is 13.0. The minimum absolute atomic E-state index is 0.755. The topological polar surface area (TPSA) is 12.0 Å². The fraction of sp³-hybridized carbons (Fsp3) is 0.625. The van der Waals surface area contributed by atoms with Crippen molar-refractivity contribution in [3.8, 4) is 0 Å². The van der Waals surface area contributed by atoms with Crippen LogP contribution in [0, 0.1) is 5.92 Å². The summed E-state index contributed by atoms with van der Waals surface area (Å²) < 4.78 is 1.17. The van der Waals surface area contributed by atoms with Crippen LogP contribution in [0.2, 0.25) is 0 Å². The maximum absolute atomic E-state index is 3.68. The molecule has 0 bridgehead atoms. The van der Waals surface area contributed by atoms with Crippen LogP contribution >= 0.6 is 15.9 Å². The van der Waals surface area contributed by atoms with Crippen molar-refractivity contribution in [2.24, 2.45) is 5.92 Å². The summed E-state index contributed by atoms with van der Waals surface area (Å²) >= 11 is 3.49. The largest absolute Gasteiger partial charge is 0.314 e. The quantitative estimate of drug-likeness (QED) is 0.750. The highest BCUT2D eigenvalue weighted by Crippen LogP contribution is 2.37. The molecule has 100 valence electrons. The van der Waals surface area contributed by atoms with E-state index in [0.29, 0.717) is 0 Å². The lowest BCUT2D eigenvalue weighted by atomic mass is 9.76. The minimum atomic E-state index is 0.755. The summed E-state index contributed by atoms with van der Waals surface area (Å²) in [6.07, 6.45) is 5.28. The van der Waals surface area contributed by atoms with Crippen molar-refractivity contribution in [1.82, 2.24) is 5.32 Å². The van der Waals surface area contributed by atoms with Crippen LogP contribution in [0.4, 0.5) is 0 Å². The Morgan fingerprint density at radius 1 is 1.22 bits per heavy atom. The van der Waals surface area contributed by atoms with Crippen LogP contribution < -0.4 is 5.32 Å². The van der Waals surface area contributed by atoms with E-state index in [1.807, 2.05) is 0 Å². The van der Waals surface area contributed by atoms with Crippen molar-refractivity contribution in [1.29, 1.82) is 0 Å². The molecule has 2 heteroatoms. The lowest BCUT2D eigenvalue weighted by molar-refractivity contribution is 0.288. The summed E-state index contributed by atoms with van der Waals surface area (Å²) in [5.74, 6) is 1.62. The number of hydrogen-bond donors (Lipinski definition) is 1. The van der Waals surface area contributed by atoms with Crippen molar-refractivity contribution in [2.45, 2.75) is 51.5 Å². The van der Waals surface area contributed by atoms with Gasteiger partial charge in [0.1, 0.15) is 0 Å². The van der Waals surface area contributed by atoms with E-state index in [-0.39, 0.29) is 0 Å². The molecule has 1 nitrogen and oxygen atoms in total. The second-order valence-corrected chi connectivity index (χ2v) is 6.82. The predicted molar refractivity (Wildman–Crippen MR) is 82.0 cm³/mol. The number of halogens is 1. The third-order valence-electron chi connectivity index (χ3n) is 3.87. The first-order chi connectivity index (χ1) is 8.65. The molecule has 0 aromatic heterocycles.